The second-order valence-electron chi connectivity index (χ2n) is 4.96. The van der Waals surface area contributed by atoms with Gasteiger partial charge in [0, 0.05) is 6.04 Å². The van der Waals surface area contributed by atoms with E-state index in [1.807, 2.05) is 7.05 Å². The monoisotopic (exact) mass is 185 g/mol. The highest BCUT2D eigenvalue weighted by Gasteiger charge is 2.29. The van der Waals surface area contributed by atoms with Crippen molar-refractivity contribution in [1.82, 2.24) is 4.90 Å². The highest BCUT2D eigenvalue weighted by molar-refractivity contribution is 4.79. The second-order valence-corrected chi connectivity index (χ2v) is 4.96. The van der Waals surface area contributed by atoms with E-state index >= 15 is 0 Å². The van der Waals surface area contributed by atoms with Gasteiger partial charge in [0.1, 0.15) is 6.23 Å². The van der Waals surface area contributed by atoms with E-state index in [4.69, 9.17) is 0 Å². The van der Waals surface area contributed by atoms with E-state index in [-0.39, 0.29) is 6.23 Å². The van der Waals surface area contributed by atoms with Crippen LogP contribution in [0, 0.1) is 11.8 Å². The van der Waals surface area contributed by atoms with Crippen LogP contribution < -0.4 is 0 Å². The van der Waals surface area contributed by atoms with Gasteiger partial charge in [0.05, 0.1) is 0 Å². The minimum atomic E-state index is -0.215. The second kappa shape index (κ2) is 4.43. The molecule has 0 bridgehead atoms. The topological polar surface area (TPSA) is 23.5 Å². The lowest BCUT2D eigenvalue weighted by Gasteiger charge is -2.39. The molecule has 1 rings (SSSR count). The molecule has 78 valence electrons. The molecule has 0 saturated carbocycles. The minimum Gasteiger partial charge on any atom is -0.378 e. The van der Waals surface area contributed by atoms with Gasteiger partial charge in [-0.1, -0.05) is 13.8 Å². The molecular weight excluding hydrogens is 162 g/mol. The van der Waals surface area contributed by atoms with Gasteiger partial charge in [-0.2, -0.15) is 0 Å². The Morgan fingerprint density at radius 3 is 2.46 bits per heavy atom. The van der Waals surface area contributed by atoms with E-state index in [1.54, 1.807) is 0 Å². The van der Waals surface area contributed by atoms with Crippen molar-refractivity contribution in [2.75, 3.05) is 7.05 Å². The van der Waals surface area contributed by atoms with Crippen LogP contribution in [-0.4, -0.2) is 29.3 Å². The molecule has 0 aromatic carbocycles. The number of piperidine rings is 1. The van der Waals surface area contributed by atoms with Crippen LogP contribution in [0.3, 0.4) is 0 Å². The predicted molar refractivity (Wildman–Crippen MR) is 55.4 cm³/mol. The smallest absolute Gasteiger partial charge is 0.107 e. The third-order valence-corrected chi connectivity index (χ3v) is 3.19. The number of hydrogen-bond acceptors (Lipinski definition) is 2. The van der Waals surface area contributed by atoms with Crippen LogP contribution >= 0.6 is 0 Å². The van der Waals surface area contributed by atoms with E-state index in [0.29, 0.717) is 6.04 Å². The maximum atomic E-state index is 9.76. The van der Waals surface area contributed by atoms with Gasteiger partial charge in [0.25, 0.3) is 0 Å². The fourth-order valence-electron chi connectivity index (χ4n) is 2.36. The van der Waals surface area contributed by atoms with Crippen LogP contribution in [0.4, 0.5) is 0 Å². The first-order chi connectivity index (χ1) is 6.00. The largest absolute Gasteiger partial charge is 0.378 e. The van der Waals surface area contributed by atoms with Gasteiger partial charge in [0.15, 0.2) is 0 Å². The van der Waals surface area contributed by atoms with Crippen LogP contribution in [0.25, 0.3) is 0 Å². The highest BCUT2D eigenvalue weighted by Crippen LogP contribution is 2.29. The van der Waals surface area contributed by atoms with Crippen molar-refractivity contribution in [2.24, 2.45) is 11.8 Å². The summed E-state index contributed by atoms with van der Waals surface area (Å²) < 4.78 is 0. The third kappa shape index (κ3) is 2.96. The summed E-state index contributed by atoms with van der Waals surface area (Å²) in [5.41, 5.74) is 0. The summed E-state index contributed by atoms with van der Waals surface area (Å²) in [6, 6.07) is 0.535. The van der Waals surface area contributed by atoms with Crippen molar-refractivity contribution in [3.63, 3.8) is 0 Å². The Morgan fingerprint density at radius 2 is 2.00 bits per heavy atom. The van der Waals surface area contributed by atoms with Crippen LogP contribution in [-0.2, 0) is 0 Å². The lowest BCUT2D eigenvalue weighted by Crippen LogP contribution is -2.45. The Morgan fingerprint density at radius 1 is 1.38 bits per heavy atom. The summed E-state index contributed by atoms with van der Waals surface area (Å²) >= 11 is 0. The third-order valence-electron chi connectivity index (χ3n) is 3.19. The SMILES string of the molecule is CC(C)C[C@@H]1C[C@H](C)N(C)[C@@H](O)C1. The van der Waals surface area contributed by atoms with Gasteiger partial charge in [-0.3, -0.25) is 4.90 Å². The minimum absolute atomic E-state index is 0.215. The van der Waals surface area contributed by atoms with Crippen LogP contribution in [0.1, 0.15) is 40.0 Å². The molecule has 3 atom stereocenters. The van der Waals surface area contributed by atoms with Gasteiger partial charge in [-0.15, -0.1) is 0 Å². The van der Waals surface area contributed by atoms with E-state index in [2.05, 4.69) is 25.7 Å². The molecule has 13 heavy (non-hydrogen) atoms. The Labute approximate surface area is 81.9 Å². The number of nitrogens with zero attached hydrogens (tertiary/aromatic N) is 1. The first-order valence-electron chi connectivity index (χ1n) is 5.40. The molecule has 0 aromatic heterocycles. The maximum Gasteiger partial charge on any atom is 0.107 e. The molecule has 1 saturated heterocycles. The van der Waals surface area contributed by atoms with Gasteiger partial charge >= 0.3 is 0 Å². The van der Waals surface area contributed by atoms with E-state index in [9.17, 15) is 5.11 Å². The zero-order valence-electron chi connectivity index (χ0n) is 9.33. The molecule has 1 aliphatic heterocycles. The zero-order chi connectivity index (χ0) is 10.0. The normalized spacial score (nSPS) is 36.9. The summed E-state index contributed by atoms with van der Waals surface area (Å²) in [4.78, 5) is 2.08. The molecule has 0 spiro atoms. The molecule has 1 N–H and O–H groups in total. The van der Waals surface area contributed by atoms with Crippen LogP contribution in [0.15, 0.2) is 0 Å². The molecule has 2 nitrogen and oxygen atoms in total. The van der Waals surface area contributed by atoms with Crippen molar-refractivity contribution in [1.29, 1.82) is 0 Å². The number of rotatable bonds is 2. The molecule has 0 amide bonds. The molecule has 1 heterocycles. The summed E-state index contributed by atoms with van der Waals surface area (Å²) in [5, 5.41) is 9.76. The van der Waals surface area contributed by atoms with Crippen molar-refractivity contribution in [3.05, 3.63) is 0 Å². The van der Waals surface area contributed by atoms with Gasteiger partial charge in [-0.05, 0) is 45.1 Å². The maximum absolute atomic E-state index is 9.76. The van der Waals surface area contributed by atoms with Crippen molar-refractivity contribution in [3.8, 4) is 0 Å². The first-order valence-corrected chi connectivity index (χ1v) is 5.40. The zero-order valence-corrected chi connectivity index (χ0v) is 9.33. The summed E-state index contributed by atoms with van der Waals surface area (Å²) in [6.07, 6.45) is 3.24. The molecule has 0 radical (unpaired) electrons. The summed E-state index contributed by atoms with van der Waals surface area (Å²) in [5.74, 6) is 1.48. The Hall–Kier alpha value is -0.0800. The van der Waals surface area contributed by atoms with Gasteiger partial charge in [-0.25, -0.2) is 0 Å². The summed E-state index contributed by atoms with van der Waals surface area (Å²) in [7, 11) is 2.01. The van der Waals surface area contributed by atoms with Crippen molar-refractivity contribution < 1.29 is 5.11 Å². The molecule has 0 unspecified atom stereocenters. The first kappa shape index (κ1) is 11.0. The standard InChI is InChI=1S/C11H23NO/c1-8(2)5-10-6-9(3)12(4)11(13)7-10/h8-11,13H,5-7H2,1-4H3/t9-,10+,11-/m0/s1. The number of likely N-dealkylation sites (tertiary alicyclic amines) is 1. The highest BCUT2D eigenvalue weighted by atomic mass is 16.3. The predicted octanol–water partition coefficient (Wildman–Crippen LogP) is 2.08. The van der Waals surface area contributed by atoms with E-state index in [0.717, 1.165) is 18.3 Å². The Balaban J connectivity index is 2.44. The number of hydrogen-bond donors (Lipinski definition) is 1. The molecule has 0 aliphatic carbocycles. The van der Waals surface area contributed by atoms with Crippen molar-refractivity contribution >= 4 is 0 Å². The lowest BCUT2D eigenvalue weighted by molar-refractivity contribution is -0.0564. The fraction of sp³-hybridized carbons (Fsp3) is 1.00. The lowest BCUT2D eigenvalue weighted by atomic mass is 9.85. The number of aliphatic hydroxyl groups excluding tert-OH is 1. The quantitative estimate of drug-likeness (QED) is 0.712. The molecule has 1 aliphatic rings. The average Bonchev–Trinajstić information content (AvgIpc) is 1.98. The molecule has 0 aromatic rings. The van der Waals surface area contributed by atoms with E-state index in [1.165, 1.54) is 12.8 Å². The summed E-state index contributed by atoms with van der Waals surface area (Å²) in [6.45, 7) is 6.72. The molecule has 1 fully saturated rings. The van der Waals surface area contributed by atoms with E-state index < -0.39 is 0 Å². The van der Waals surface area contributed by atoms with Gasteiger partial charge < -0.3 is 5.11 Å². The van der Waals surface area contributed by atoms with Gasteiger partial charge in [0.2, 0.25) is 0 Å². The molecular formula is C11H23NO. The average molecular weight is 185 g/mol. The van der Waals surface area contributed by atoms with Crippen molar-refractivity contribution in [2.45, 2.75) is 52.3 Å². The Kier molecular flexibility index (Phi) is 3.74. The molecule has 2 heteroatoms. The Bertz CT molecular complexity index is 146. The fourth-order valence-corrected chi connectivity index (χ4v) is 2.36. The van der Waals surface area contributed by atoms with Crippen LogP contribution in [0.2, 0.25) is 0 Å². The number of aliphatic hydroxyl groups is 1. The van der Waals surface area contributed by atoms with Crippen LogP contribution in [0.5, 0.6) is 0 Å².